The number of hydrazine groups is 1. The molecule has 114 valence electrons. The van der Waals surface area contributed by atoms with Gasteiger partial charge in [-0.05, 0) is 74.7 Å². The molecule has 4 fully saturated rings. The van der Waals surface area contributed by atoms with Crippen molar-refractivity contribution in [3.8, 4) is 0 Å². The fourth-order valence-electron chi connectivity index (χ4n) is 5.82. The third kappa shape index (κ3) is 2.22. The Labute approximate surface area is 126 Å². The number of nitrogens with two attached hydrogens (primary N) is 1. The second-order valence-corrected chi connectivity index (χ2v) is 7.68. The molecule has 1 aromatic carbocycles. The van der Waals surface area contributed by atoms with Crippen molar-refractivity contribution in [2.75, 3.05) is 0 Å². The highest BCUT2D eigenvalue weighted by atomic mass is 19.1. The molecule has 0 spiro atoms. The Bertz CT molecular complexity index is 514. The second-order valence-electron chi connectivity index (χ2n) is 7.68. The van der Waals surface area contributed by atoms with Crippen LogP contribution in [0.15, 0.2) is 18.2 Å². The predicted octanol–water partition coefficient (Wildman–Crippen LogP) is 3.71. The summed E-state index contributed by atoms with van der Waals surface area (Å²) in [5.41, 5.74) is 4.85. The van der Waals surface area contributed by atoms with Gasteiger partial charge in [0.1, 0.15) is 5.82 Å². The molecule has 21 heavy (non-hydrogen) atoms. The lowest BCUT2D eigenvalue weighted by Gasteiger charge is -2.56. The average molecular weight is 288 g/mol. The number of hydrogen-bond acceptors (Lipinski definition) is 2. The molecule has 1 atom stereocenters. The van der Waals surface area contributed by atoms with E-state index in [4.69, 9.17) is 5.84 Å². The summed E-state index contributed by atoms with van der Waals surface area (Å²) in [5, 5.41) is 0. The minimum atomic E-state index is -0.114. The molecule has 4 bridgehead atoms. The first-order valence-electron chi connectivity index (χ1n) is 8.38. The molecule has 4 aliphatic rings. The van der Waals surface area contributed by atoms with E-state index >= 15 is 0 Å². The molecule has 3 heteroatoms. The minimum Gasteiger partial charge on any atom is -0.271 e. The van der Waals surface area contributed by atoms with Crippen molar-refractivity contribution >= 4 is 0 Å². The molecule has 0 saturated heterocycles. The maximum absolute atomic E-state index is 14.3. The fraction of sp³-hybridized carbons (Fsp3) is 0.667. The van der Waals surface area contributed by atoms with Crippen molar-refractivity contribution in [3.63, 3.8) is 0 Å². The topological polar surface area (TPSA) is 38.0 Å². The second kappa shape index (κ2) is 5.06. The van der Waals surface area contributed by atoms with Crippen molar-refractivity contribution in [3.05, 3.63) is 35.1 Å². The van der Waals surface area contributed by atoms with Crippen molar-refractivity contribution in [1.82, 2.24) is 5.43 Å². The molecule has 2 nitrogen and oxygen atoms in total. The first kappa shape index (κ1) is 13.7. The van der Waals surface area contributed by atoms with Crippen molar-refractivity contribution < 1.29 is 4.39 Å². The number of rotatable bonds is 3. The van der Waals surface area contributed by atoms with Gasteiger partial charge in [-0.1, -0.05) is 17.7 Å². The highest BCUT2D eigenvalue weighted by molar-refractivity contribution is 5.28. The number of hydrogen-bond donors (Lipinski definition) is 2. The van der Waals surface area contributed by atoms with Crippen molar-refractivity contribution in [2.24, 2.45) is 35.4 Å². The lowest BCUT2D eigenvalue weighted by Crippen LogP contribution is -2.50. The molecule has 4 saturated carbocycles. The van der Waals surface area contributed by atoms with Crippen LogP contribution < -0.4 is 11.3 Å². The lowest BCUT2D eigenvalue weighted by molar-refractivity contribution is -0.0530. The number of benzene rings is 1. The summed E-state index contributed by atoms with van der Waals surface area (Å²) in [6.07, 6.45) is 6.79. The normalized spacial score (nSPS) is 38.7. The van der Waals surface area contributed by atoms with Crippen molar-refractivity contribution in [1.29, 1.82) is 0 Å². The SMILES string of the molecule is Cc1ccc(F)c(C(NN)C2C3CC4CC(C3)CC2C4)c1. The number of aryl methyl sites for hydroxylation is 1. The molecule has 0 aliphatic heterocycles. The van der Waals surface area contributed by atoms with Crippen LogP contribution >= 0.6 is 0 Å². The van der Waals surface area contributed by atoms with Crippen LogP contribution in [-0.2, 0) is 0 Å². The summed E-state index contributed by atoms with van der Waals surface area (Å²) in [7, 11) is 0. The molecule has 0 heterocycles. The zero-order valence-corrected chi connectivity index (χ0v) is 12.7. The smallest absolute Gasteiger partial charge is 0.128 e. The molecule has 3 N–H and O–H groups in total. The molecular formula is C18H25FN2. The molecule has 0 amide bonds. The van der Waals surface area contributed by atoms with Crippen LogP contribution in [0.25, 0.3) is 0 Å². The van der Waals surface area contributed by atoms with E-state index in [1.165, 1.54) is 32.1 Å². The van der Waals surface area contributed by atoms with Gasteiger partial charge in [-0.2, -0.15) is 0 Å². The fourth-order valence-corrected chi connectivity index (χ4v) is 5.82. The van der Waals surface area contributed by atoms with Gasteiger partial charge in [0.15, 0.2) is 0 Å². The van der Waals surface area contributed by atoms with E-state index in [-0.39, 0.29) is 11.9 Å². The summed E-state index contributed by atoms with van der Waals surface area (Å²) in [6.45, 7) is 2.02. The Morgan fingerprint density at radius 1 is 1.10 bits per heavy atom. The van der Waals surface area contributed by atoms with Crippen LogP contribution in [0, 0.1) is 42.3 Å². The Morgan fingerprint density at radius 2 is 1.71 bits per heavy atom. The van der Waals surface area contributed by atoms with Gasteiger partial charge in [0.25, 0.3) is 0 Å². The van der Waals surface area contributed by atoms with E-state index in [0.29, 0.717) is 5.92 Å². The predicted molar refractivity (Wildman–Crippen MR) is 81.7 cm³/mol. The van der Waals surface area contributed by atoms with Gasteiger partial charge in [0, 0.05) is 5.56 Å². The van der Waals surface area contributed by atoms with Crippen LogP contribution in [0.5, 0.6) is 0 Å². The third-order valence-corrected chi connectivity index (χ3v) is 6.35. The van der Waals surface area contributed by atoms with Crippen LogP contribution in [0.1, 0.15) is 49.3 Å². The quantitative estimate of drug-likeness (QED) is 0.657. The van der Waals surface area contributed by atoms with Gasteiger partial charge in [-0.3, -0.25) is 11.3 Å². The first-order valence-corrected chi connectivity index (χ1v) is 8.38. The molecule has 0 aromatic heterocycles. The van der Waals surface area contributed by atoms with Crippen molar-refractivity contribution in [2.45, 2.75) is 45.1 Å². The first-order chi connectivity index (χ1) is 10.2. The summed E-state index contributed by atoms with van der Waals surface area (Å²) < 4.78 is 14.3. The van der Waals surface area contributed by atoms with Crippen LogP contribution in [-0.4, -0.2) is 0 Å². The van der Waals surface area contributed by atoms with E-state index in [1.54, 1.807) is 6.07 Å². The number of nitrogens with one attached hydrogen (secondary N) is 1. The zero-order valence-electron chi connectivity index (χ0n) is 12.7. The van der Waals surface area contributed by atoms with Gasteiger partial charge >= 0.3 is 0 Å². The third-order valence-electron chi connectivity index (χ3n) is 6.35. The van der Waals surface area contributed by atoms with E-state index in [2.05, 4.69) is 5.43 Å². The summed E-state index contributed by atoms with van der Waals surface area (Å²) >= 11 is 0. The Morgan fingerprint density at radius 3 is 2.29 bits per heavy atom. The minimum absolute atomic E-state index is 0.0279. The zero-order chi connectivity index (χ0) is 14.6. The van der Waals surface area contributed by atoms with E-state index in [1.807, 2.05) is 19.1 Å². The molecule has 4 aliphatic carbocycles. The Kier molecular flexibility index (Phi) is 3.31. The van der Waals surface area contributed by atoms with E-state index in [9.17, 15) is 4.39 Å². The van der Waals surface area contributed by atoms with E-state index < -0.39 is 0 Å². The van der Waals surface area contributed by atoms with Crippen LogP contribution in [0.4, 0.5) is 4.39 Å². The summed E-state index contributed by atoms with van der Waals surface area (Å²) in [4.78, 5) is 0. The lowest BCUT2D eigenvalue weighted by atomic mass is 9.50. The number of halogens is 1. The average Bonchev–Trinajstić information content (AvgIpc) is 2.45. The standard InChI is InChI=1S/C18H25FN2/c1-10-2-3-16(19)15(4-10)18(21-20)17-13-6-11-5-12(8-13)9-14(17)7-11/h2-4,11-14,17-18,21H,5-9,20H2,1H3. The molecule has 1 unspecified atom stereocenters. The summed E-state index contributed by atoms with van der Waals surface area (Å²) in [5.74, 6) is 9.63. The van der Waals surface area contributed by atoms with Gasteiger partial charge < -0.3 is 0 Å². The summed E-state index contributed by atoms with van der Waals surface area (Å²) in [6, 6.07) is 5.37. The van der Waals surface area contributed by atoms with Gasteiger partial charge in [0.05, 0.1) is 6.04 Å². The van der Waals surface area contributed by atoms with Crippen LogP contribution in [0.2, 0.25) is 0 Å². The molecule has 0 radical (unpaired) electrons. The Balaban J connectivity index is 1.68. The molecule has 1 aromatic rings. The van der Waals surface area contributed by atoms with Gasteiger partial charge in [-0.25, -0.2) is 4.39 Å². The highest BCUT2D eigenvalue weighted by Gasteiger charge is 2.50. The maximum Gasteiger partial charge on any atom is 0.128 e. The Hall–Kier alpha value is -0.930. The van der Waals surface area contributed by atoms with Crippen LogP contribution in [0.3, 0.4) is 0 Å². The molecule has 5 rings (SSSR count). The molecular weight excluding hydrogens is 263 g/mol. The van der Waals surface area contributed by atoms with Gasteiger partial charge in [-0.15, -0.1) is 0 Å². The van der Waals surface area contributed by atoms with Gasteiger partial charge in [0.2, 0.25) is 0 Å². The van der Waals surface area contributed by atoms with E-state index in [0.717, 1.165) is 34.8 Å². The monoisotopic (exact) mass is 288 g/mol. The largest absolute Gasteiger partial charge is 0.271 e. The maximum atomic E-state index is 14.3. The highest BCUT2D eigenvalue weighted by Crippen LogP contribution is 2.59.